The number of anilines is 1. The van der Waals surface area contributed by atoms with E-state index in [9.17, 15) is 5.26 Å². The molecule has 1 aromatic carbocycles. The number of hydrogen-bond donors (Lipinski definition) is 0. The average molecular weight is 242 g/mol. The number of benzene rings is 1. The van der Waals surface area contributed by atoms with Crippen molar-refractivity contribution in [2.45, 2.75) is 34.1 Å². The van der Waals surface area contributed by atoms with Crippen molar-refractivity contribution in [3.05, 3.63) is 29.3 Å². The summed E-state index contributed by atoms with van der Waals surface area (Å²) in [4.78, 5) is 2.37. The maximum absolute atomic E-state index is 9.25. The van der Waals surface area contributed by atoms with Crippen LogP contribution in [0.3, 0.4) is 0 Å². The first-order valence-corrected chi connectivity index (χ1v) is 6.67. The van der Waals surface area contributed by atoms with Gasteiger partial charge in [-0.15, -0.1) is 0 Å². The summed E-state index contributed by atoms with van der Waals surface area (Å²) in [6.45, 7) is 11.1. The van der Waals surface area contributed by atoms with Gasteiger partial charge in [0.2, 0.25) is 0 Å². The van der Waals surface area contributed by atoms with Crippen molar-refractivity contribution in [2.75, 3.05) is 18.0 Å². The fraction of sp³-hybridized carbons (Fsp3) is 0.562. The maximum Gasteiger partial charge on any atom is 0.101 e. The van der Waals surface area contributed by atoms with Crippen LogP contribution in [-0.2, 0) is 0 Å². The molecular weight excluding hydrogens is 220 g/mol. The molecule has 0 amide bonds. The predicted molar refractivity (Wildman–Crippen MR) is 75.7 cm³/mol. The topological polar surface area (TPSA) is 27.0 Å². The molecule has 1 fully saturated rings. The molecule has 0 aliphatic carbocycles. The Labute approximate surface area is 110 Å². The second-order valence-electron chi connectivity index (χ2n) is 6.43. The number of nitriles is 1. The lowest BCUT2D eigenvalue weighted by atomic mass is 9.80. The summed E-state index contributed by atoms with van der Waals surface area (Å²) in [5.74, 6) is 0.713. The van der Waals surface area contributed by atoms with Crippen molar-refractivity contribution < 1.29 is 0 Å². The third-order valence-electron chi connectivity index (χ3n) is 4.03. The number of hydrogen-bond acceptors (Lipinski definition) is 2. The van der Waals surface area contributed by atoms with E-state index >= 15 is 0 Å². The summed E-state index contributed by atoms with van der Waals surface area (Å²) < 4.78 is 0. The lowest BCUT2D eigenvalue weighted by molar-refractivity contribution is 0.263. The Morgan fingerprint density at radius 3 is 2.61 bits per heavy atom. The van der Waals surface area contributed by atoms with E-state index in [-0.39, 0.29) is 0 Å². The molecule has 0 aromatic heterocycles. The fourth-order valence-corrected chi connectivity index (χ4v) is 2.70. The first-order chi connectivity index (χ1) is 8.41. The molecule has 0 saturated carbocycles. The maximum atomic E-state index is 9.25. The minimum absolute atomic E-state index is 0.353. The van der Waals surface area contributed by atoms with Gasteiger partial charge < -0.3 is 4.90 Å². The van der Waals surface area contributed by atoms with E-state index in [1.54, 1.807) is 0 Å². The van der Waals surface area contributed by atoms with Gasteiger partial charge in [-0.05, 0) is 42.4 Å². The van der Waals surface area contributed by atoms with E-state index in [1.807, 2.05) is 13.0 Å². The Kier molecular flexibility index (Phi) is 3.34. The molecule has 2 heteroatoms. The van der Waals surface area contributed by atoms with Crippen molar-refractivity contribution in [3.63, 3.8) is 0 Å². The summed E-state index contributed by atoms with van der Waals surface area (Å²) in [5, 5.41) is 9.25. The molecule has 0 N–H and O–H groups in total. The Morgan fingerprint density at radius 1 is 1.33 bits per heavy atom. The summed E-state index contributed by atoms with van der Waals surface area (Å²) >= 11 is 0. The first kappa shape index (κ1) is 13.0. The smallest absolute Gasteiger partial charge is 0.101 e. The average Bonchev–Trinajstić information content (AvgIpc) is 2.77. The molecule has 0 bridgehead atoms. The zero-order chi connectivity index (χ0) is 13.3. The van der Waals surface area contributed by atoms with Gasteiger partial charge in [-0.2, -0.15) is 5.26 Å². The second-order valence-corrected chi connectivity index (χ2v) is 6.43. The Bertz CT molecular complexity index is 477. The van der Waals surface area contributed by atoms with Crippen LogP contribution in [0.4, 0.5) is 5.69 Å². The van der Waals surface area contributed by atoms with E-state index < -0.39 is 0 Å². The SMILES string of the molecule is Cc1ccc(N2CCC(C(C)(C)C)C2)c(C#N)c1. The molecule has 96 valence electrons. The summed E-state index contributed by atoms with van der Waals surface area (Å²) in [7, 11) is 0. The normalized spacial score (nSPS) is 19.9. The molecule has 18 heavy (non-hydrogen) atoms. The van der Waals surface area contributed by atoms with E-state index in [4.69, 9.17) is 0 Å². The number of nitrogens with zero attached hydrogens (tertiary/aromatic N) is 2. The Morgan fingerprint density at radius 2 is 2.06 bits per heavy atom. The second kappa shape index (κ2) is 4.65. The van der Waals surface area contributed by atoms with Crippen LogP contribution in [-0.4, -0.2) is 13.1 Å². The van der Waals surface area contributed by atoms with Crippen molar-refractivity contribution >= 4 is 5.69 Å². The molecule has 1 atom stereocenters. The van der Waals surface area contributed by atoms with Crippen molar-refractivity contribution in [2.24, 2.45) is 11.3 Å². The van der Waals surface area contributed by atoms with Crippen molar-refractivity contribution in [3.8, 4) is 6.07 Å². The van der Waals surface area contributed by atoms with Crippen LogP contribution in [0.1, 0.15) is 38.3 Å². The van der Waals surface area contributed by atoms with Crippen LogP contribution in [0, 0.1) is 29.6 Å². The lowest BCUT2D eigenvalue weighted by Gasteiger charge is -2.27. The van der Waals surface area contributed by atoms with Gasteiger partial charge in [-0.3, -0.25) is 0 Å². The predicted octanol–water partition coefficient (Wildman–Crippen LogP) is 3.74. The van der Waals surface area contributed by atoms with Gasteiger partial charge in [0, 0.05) is 13.1 Å². The molecule has 1 heterocycles. The summed E-state index contributed by atoms with van der Waals surface area (Å²) in [5.41, 5.74) is 3.42. The van der Waals surface area contributed by atoms with Gasteiger partial charge in [-0.1, -0.05) is 26.8 Å². The Balaban J connectivity index is 2.23. The quantitative estimate of drug-likeness (QED) is 0.750. The number of aryl methyl sites for hydroxylation is 1. The van der Waals surface area contributed by atoms with E-state index in [0.29, 0.717) is 11.3 Å². The van der Waals surface area contributed by atoms with E-state index in [1.165, 1.54) is 6.42 Å². The third kappa shape index (κ3) is 2.51. The highest BCUT2D eigenvalue weighted by Gasteiger charge is 2.32. The van der Waals surface area contributed by atoms with Gasteiger partial charge in [-0.25, -0.2) is 0 Å². The molecule has 0 radical (unpaired) electrons. The van der Waals surface area contributed by atoms with Crippen LogP contribution >= 0.6 is 0 Å². The van der Waals surface area contributed by atoms with Crippen LogP contribution in [0.15, 0.2) is 18.2 Å². The first-order valence-electron chi connectivity index (χ1n) is 6.67. The van der Waals surface area contributed by atoms with Gasteiger partial charge in [0.15, 0.2) is 0 Å². The summed E-state index contributed by atoms with van der Waals surface area (Å²) in [6, 6.07) is 8.51. The molecule has 1 unspecified atom stereocenters. The van der Waals surface area contributed by atoms with Gasteiger partial charge in [0.05, 0.1) is 11.3 Å². The van der Waals surface area contributed by atoms with Crippen LogP contribution in [0.25, 0.3) is 0 Å². The Hall–Kier alpha value is -1.49. The number of rotatable bonds is 1. The minimum atomic E-state index is 0.353. The van der Waals surface area contributed by atoms with Gasteiger partial charge >= 0.3 is 0 Å². The van der Waals surface area contributed by atoms with Crippen LogP contribution < -0.4 is 4.90 Å². The lowest BCUT2D eigenvalue weighted by Crippen LogP contribution is -2.26. The molecule has 1 aliphatic rings. The van der Waals surface area contributed by atoms with Crippen LogP contribution in [0.2, 0.25) is 0 Å². The minimum Gasteiger partial charge on any atom is -0.370 e. The summed E-state index contributed by atoms with van der Waals surface area (Å²) in [6.07, 6.45) is 1.22. The highest BCUT2D eigenvalue weighted by Crippen LogP contribution is 2.36. The molecule has 1 saturated heterocycles. The highest BCUT2D eigenvalue weighted by atomic mass is 15.2. The monoisotopic (exact) mass is 242 g/mol. The molecule has 2 nitrogen and oxygen atoms in total. The van der Waals surface area contributed by atoms with Crippen LogP contribution in [0.5, 0.6) is 0 Å². The molecule has 2 rings (SSSR count). The molecule has 1 aliphatic heterocycles. The fourth-order valence-electron chi connectivity index (χ4n) is 2.70. The highest BCUT2D eigenvalue weighted by molar-refractivity contribution is 5.61. The van der Waals surface area contributed by atoms with Gasteiger partial charge in [0.25, 0.3) is 0 Å². The van der Waals surface area contributed by atoms with Crippen molar-refractivity contribution in [1.82, 2.24) is 0 Å². The van der Waals surface area contributed by atoms with E-state index in [2.05, 4.69) is 43.9 Å². The molecular formula is C16H22N2. The van der Waals surface area contributed by atoms with Gasteiger partial charge in [0.1, 0.15) is 6.07 Å². The van der Waals surface area contributed by atoms with E-state index in [0.717, 1.165) is 29.9 Å². The zero-order valence-electron chi connectivity index (χ0n) is 11.8. The molecule has 1 aromatic rings. The zero-order valence-corrected chi connectivity index (χ0v) is 11.8. The standard InChI is InChI=1S/C16H22N2/c1-12-5-6-15(13(9-12)10-17)18-8-7-14(11-18)16(2,3)4/h5-6,9,14H,7-8,11H2,1-4H3. The third-order valence-corrected chi connectivity index (χ3v) is 4.03. The molecule has 0 spiro atoms. The van der Waals surface area contributed by atoms with Crippen molar-refractivity contribution in [1.29, 1.82) is 5.26 Å². The largest absolute Gasteiger partial charge is 0.370 e.